The monoisotopic (exact) mass is 199 g/mol. The van der Waals surface area contributed by atoms with Crippen LogP contribution in [0.3, 0.4) is 0 Å². The predicted molar refractivity (Wildman–Crippen MR) is 60.5 cm³/mol. The average Bonchev–Trinajstić information content (AvgIpc) is 2.44. The molecule has 2 heteroatoms. The molecule has 0 unspecified atom stereocenters. The van der Waals surface area contributed by atoms with Gasteiger partial charge in [0.1, 0.15) is 0 Å². The highest BCUT2D eigenvalue weighted by atomic mass is 16.5. The summed E-state index contributed by atoms with van der Waals surface area (Å²) in [5, 5.41) is 0. The minimum atomic E-state index is 0.0342. The van der Waals surface area contributed by atoms with Gasteiger partial charge >= 0.3 is 0 Å². The first kappa shape index (κ1) is 12.0. The lowest BCUT2D eigenvalue weighted by Crippen LogP contribution is -2.20. The Morgan fingerprint density at radius 2 is 2.07 bits per heavy atom. The lowest BCUT2D eigenvalue weighted by atomic mass is 10.0. The molecule has 0 aromatic rings. The summed E-state index contributed by atoms with van der Waals surface area (Å²) >= 11 is 0. The Balaban J connectivity index is 1.99. The Labute approximate surface area is 88.6 Å². The summed E-state index contributed by atoms with van der Waals surface area (Å²) in [6.45, 7) is 9.85. The topological polar surface area (TPSA) is 12.5 Å². The number of ether oxygens (including phenoxy) is 1. The third-order valence-corrected chi connectivity index (χ3v) is 2.78. The molecule has 0 spiro atoms. The highest BCUT2D eigenvalue weighted by molar-refractivity contribution is 4.72. The van der Waals surface area contributed by atoms with Crippen molar-refractivity contribution in [2.24, 2.45) is 5.92 Å². The number of hydrogen-bond acceptors (Lipinski definition) is 2. The van der Waals surface area contributed by atoms with E-state index in [1.165, 1.54) is 32.4 Å². The third-order valence-electron chi connectivity index (χ3n) is 2.78. The van der Waals surface area contributed by atoms with Gasteiger partial charge in [0.05, 0.1) is 5.60 Å². The molecular weight excluding hydrogens is 174 g/mol. The van der Waals surface area contributed by atoms with Crippen LogP contribution in [-0.4, -0.2) is 37.2 Å². The van der Waals surface area contributed by atoms with Crippen molar-refractivity contribution in [1.29, 1.82) is 0 Å². The summed E-state index contributed by atoms with van der Waals surface area (Å²) in [6.07, 6.45) is 3.93. The molecule has 0 aromatic carbocycles. The first-order valence-corrected chi connectivity index (χ1v) is 5.80. The molecule has 2 nitrogen and oxygen atoms in total. The van der Waals surface area contributed by atoms with Gasteiger partial charge in [0, 0.05) is 13.2 Å². The van der Waals surface area contributed by atoms with Crippen molar-refractivity contribution in [3.8, 4) is 0 Å². The summed E-state index contributed by atoms with van der Waals surface area (Å²) in [5.41, 5.74) is 0.0342. The largest absolute Gasteiger partial charge is 0.376 e. The van der Waals surface area contributed by atoms with Crippen molar-refractivity contribution in [3.05, 3.63) is 0 Å². The SMILES string of the molecule is CN1CC[C@@H](CCCOC(C)(C)C)C1. The van der Waals surface area contributed by atoms with Crippen LogP contribution in [0.25, 0.3) is 0 Å². The zero-order valence-corrected chi connectivity index (χ0v) is 10.2. The maximum atomic E-state index is 5.70. The Morgan fingerprint density at radius 1 is 1.36 bits per heavy atom. The Kier molecular flexibility index (Phi) is 4.39. The van der Waals surface area contributed by atoms with Crippen molar-refractivity contribution < 1.29 is 4.74 Å². The van der Waals surface area contributed by atoms with E-state index in [9.17, 15) is 0 Å². The van der Waals surface area contributed by atoms with Crippen LogP contribution in [0.1, 0.15) is 40.0 Å². The molecular formula is C12H25NO. The highest BCUT2D eigenvalue weighted by Crippen LogP contribution is 2.20. The third kappa shape index (κ3) is 4.97. The summed E-state index contributed by atoms with van der Waals surface area (Å²) in [7, 11) is 2.21. The number of nitrogens with zero attached hydrogens (tertiary/aromatic N) is 1. The maximum absolute atomic E-state index is 5.70. The fourth-order valence-corrected chi connectivity index (χ4v) is 2.01. The van der Waals surface area contributed by atoms with Crippen LogP contribution in [-0.2, 0) is 4.74 Å². The van der Waals surface area contributed by atoms with Crippen molar-refractivity contribution in [3.63, 3.8) is 0 Å². The molecule has 0 amide bonds. The standard InChI is InChI=1S/C12H25NO/c1-12(2,3)14-9-5-6-11-7-8-13(4)10-11/h11H,5-10H2,1-4H3/t11-/m1/s1. The molecule has 0 aromatic heterocycles. The van der Waals surface area contributed by atoms with Crippen molar-refractivity contribution >= 4 is 0 Å². The summed E-state index contributed by atoms with van der Waals surface area (Å²) in [5.74, 6) is 0.920. The molecule has 1 rings (SSSR count). The van der Waals surface area contributed by atoms with Crippen LogP contribution < -0.4 is 0 Å². The van der Waals surface area contributed by atoms with E-state index >= 15 is 0 Å². The normalized spacial score (nSPS) is 24.4. The Hall–Kier alpha value is -0.0800. The smallest absolute Gasteiger partial charge is 0.0598 e. The van der Waals surface area contributed by atoms with Crippen LogP contribution >= 0.6 is 0 Å². The molecule has 0 radical (unpaired) electrons. The van der Waals surface area contributed by atoms with E-state index in [0.717, 1.165) is 12.5 Å². The molecule has 1 fully saturated rings. The van der Waals surface area contributed by atoms with Crippen LogP contribution in [0, 0.1) is 5.92 Å². The maximum Gasteiger partial charge on any atom is 0.0598 e. The second-order valence-corrected chi connectivity index (χ2v) is 5.52. The molecule has 1 aliphatic heterocycles. The van der Waals surface area contributed by atoms with E-state index in [1.54, 1.807) is 0 Å². The van der Waals surface area contributed by atoms with Crippen molar-refractivity contribution in [2.75, 3.05) is 26.7 Å². The minimum absolute atomic E-state index is 0.0342. The molecule has 1 atom stereocenters. The highest BCUT2D eigenvalue weighted by Gasteiger charge is 2.19. The number of likely N-dealkylation sites (tertiary alicyclic amines) is 1. The molecule has 0 saturated carbocycles. The van der Waals surface area contributed by atoms with E-state index in [-0.39, 0.29) is 5.60 Å². The van der Waals surface area contributed by atoms with Gasteiger partial charge in [-0.15, -0.1) is 0 Å². The molecule has 1 saturated heterocycles. The van der Waals surface area contributed by atoms with Gasteiger partial charge in [-0.3, -0.25) is 0 Å². The van der Waals surface area contributed by atoms with Crippen molar-refractivity contribution in [1.82, 2.24) is 4.90 Å². The summed E-state index contributed by atoms with van der Waals surface area (Å²) in [6, 6.07) is 0. The number of rotatable bonds is 4. The molecule has 1 aliphatic rings. The first-order valence-electron chi connectivity index (χ1n) is 5.80. The van der Waals surface area contributed by atoms with Crippen molar-refractivity contribution in [2.45, 2.75) is 45.6 Å². The first-order chi connectivity index (χ1) is 6.47. The van der Waals surface area contributed by atoms with Gasteiger partial charge in [0.15, 0.2) is 0 Å². The van der Waals surface area contributed by atoms with Crippen LogP contribution in [0.5, 0.6) is 0 Å². The average molecular weight is 199 g/mol. The van der Waals surface area contributed by atoms with E-state index in [4.69, 9.17) is 4.74 Å². The fourth-order valence-electron chi connectivity index (χ4n) is 2.01. The minimum Gasteiger partial charge on any atom is -0.376 e. The predicted octanol–water partition coefficient (Wildman–Crippen LogP) is 2.53. The molecule has 84 valence electrons. The van der Waals surface area contributed by atoms with Gasteiger partial charge < -0.3 is 9.64 Å². The fraction of sp³-hybridized carbons (Fsp3) is 1.00. The van der Waals surface area contributed by atoms with Gasteiger partial charge in [0.2, 0.25) is 0 Å². The molecule has 0 bridgehead atoms. The Morgan fingerprint density at radius 3 is 2.57 bits per heavy atom. The van der Waals surface area contributed by atoms with E-state index in [2.05, 4.69) is 32.7 Å². The van der Waals surface area contributed by atoms with Crippen LogP contribution in [0.4, 0.5) is 0 Å². The van der Waals surface area contributed by atoms with Crippen LogP contribution in [0.2, 0.25) is 0 Å². The lowest BCUT2D eigenvalue weighted by Gasteiger charge is -2.20. The van der Waals surface area contributed by atoms with Gasteiger partial charge in [-0.05, 0) is 59.5 Å². The summed E-state index contributed by atoms with van der Waals surface area (Å²) in [4.78, 5) is 2.43. The number of hydrogen-bond donors (Lipinski definition) is 0. The van der Waals surface area contributed by atoms with E-state index < -0.39 is 0 Å². The second-order valence-electron chi connectivity index (χ2n) is 5.52. The lowest BCUT2D eigenvalue weighted by molar-refractivity contribution is -0.00577. The molecule has 0 N–H and O–H groups in total. The quantitative estimate of drug-likeness (QED) is 0.645. The molecule has 0 aliphatic carbocycles. The van der Waals surface area contributed by atoms with E-state index in [0.29, 0.717) is 0 Å². The zero-order chi connectivity index (χ0) is 10.6. The van der Waals surface area contributed by atoms with Gasteiger partial charge in [-0.1, -0.05) is 0 Å². The molecule has 1 heterocycles. The summed E-state index contributed by atoms with van der Waals surface area (Å²) < 4.78 is 5.70. The zero-order valence-electron chi connectivity index (χ0n) is 10.2. The van der Waals surface area contributed by atoms with Gasteiger partial charge in [-0.2, -0.15) is 0 Å². The second kappa shape index (κ2) is 5.13. The van der Waals surface area contributed by atoms with Gasteiger partial charge in [0.25, 0.3) is 0 Å². The van der Waals surface area contributed by atoms with E-state index in [1.807, 2.05) is 0 Å². The van der Waals surface area contributed by atoms with Gasteiger partial charge in [-0.25, -0.2) is 0 Å². The molecule has 14 heavy (non-hydrogen) atoms. The van der Waals surface area contributed by atoms with Crippen LogP contribution in [0.15, 0.2) is 0 Å². The Bertz CT molecular complexity index is 162.